The van der Waals surface area contributed by atoms with Gasteiger partial charge in [0.15, 0.2) is 5.82 Å². The average molecular weight is 528 g/mol. The van der Waals surface area contributed by atoms with Crippen LogP contribution in [-0.4, -0.2) is 35.8 Å². The molecule has 1 aromatic heterocycles. The van der Waals surface area contributed by atoms with Crippen LogP contribution in [0.25, 0.3) is 11.1 Å². The van der Waals surface area contributed by atoms with Gasteiger partial charge in [0, 0.05) is 23.1 Å². The summed E-state index contributed by atoms with van der Waals surface area (Å²) in [5, 5.41) is 4.46. The summed E-state index contributed by atoms with van der Waals surface area (Å²) < 4.78 is 11.2. The zero-order chi connectivity index (χ0) is 27.5. The standard InChI is InChI=1S/C33H41N3O3/c1-23-9-11-24(12-10-23)25-7-6-8-26(19-25)36(29(37)31(5)21-38-22-31)20-32-13-16-33(17-14-32,18-15-32)27-34-28(39-35-27)30(2,3)4/h6-12,19H,13-18,20-22H2,1-5H3. The number of nitrogens with zero attached hydrogens (tertiary/aromatic N) is 3. The molecule has 3 saturated carbocycles. The fraction of sp³-hybridized carbons (Fsp3) is 0.545. The maximum atomic E-state index is 14.1. The van der Waals surface area contributed by atoms with Gasteiger partial charge in [-0.2, -0.15) is 4.98 Å². The minimum Gasteiger partial charge on any atom is -0.379 e. The molecule has 1 saturated heterocycles. The Balaban J connectivity index is 1.27. The summed E-state index contributed by atoms with van der Waals surface area (Å²) in [6.07, 6.45) is 6.34. The number of carbonyl (C=O) groups is 1. The average Bonchev–Trinajstić information content (AvgIpc) is 3.44. The largest absolute Gasteiger partial charge is 0.379 e. The van der Waals surface area contributed by atoms with Crippen LogP contribution in [0, 0.1) is 17.8 Å². The summed E-state index contributed by atoms with van der Waals surface area (Å²) in [7, 11) is 0. The number of benzene rings is 2. The number of hydrogen-bond donors (Lipinski definition) is 0. The third-order valence-corrected chi connectivity index (χ3v) is 9.58. The number of rotatable bonds is 6. The second-order valence-corrected chi connectivity index (χ2v) is 13.8. The molecule has 206 valence electrons. The van der Waals surface area contributed by atoms with Crippen molar-refractivity contribution in [2.24, 2.45) is 10.8 Å². The Hall–Kier alpha value is -2.99. The molecule has 3 aliphatic carbocycles. The van der Waals surface area contributed by atoms with Crippen LogP contribution >= 0.6 is 0 Å². The lowest BCUT2D eigenvalue weighted by molar-refractivity contribution is -0.155. The van der Waals surface area contributed by atoms with Gasteiger partial charge in [-0.25, -0.2) is 0 Å². The van der Waals surface area contributed by atoms with Crippen molar-refractivity contribution in [1.82, 2.24) is 10.1 Å². The van der Waals surface area contributed by atoms with Crippen LogP contribution < -0.4 is 4.90 Å². The molecule has 0 atom stereocenters. The SMILES string of the molecule is Cc1ccc(-c2cccc(N(CC34CCC(c5noc(C(C)(C)C)n5)(CC3)CC4)C(=O)C3(C)COC3)c2)cc1. The first-order valence-electron chi connectivity index (χ1n) is 14.4. The number of aryl methyl sites for hydroxylation is 1. The van der Waals surface area contributed by atoms with Crippen molar-refractivity contribution in [1.29, 1.82) is 0 Å². The smallest absolute Gasteiger partial charge is 0.237 e. The molecule has 4 aliphatic rings. The summed E-state index contributed by atoms with van der Waals surface area (Å²) in [6, 6.07) is 17.1. The molecule has 2 aromatic carbocycles. The fourth-order valence-electron chi connectivity index (χ4n) is 6.65. The predicted molar refractivity (Wildman–Crippen MR) is 153 cm³/mol. The van der Waals surface area contributed by atoms with Gasteiger partial charge >= 0.3 is 0 Å². The van der Waals surface area contributed by atoms with Crippen LogP contribution in [0.3, 0.4) is 0 Å². The van der Waals surface area contributed by atoms with E-state index in [-0.39, 0.29) is 22.2 Å². The third kappa shape index (κ3) is 4.71. The highest BCUT2D eigenvalue weighted by atomic mass is 16.5. The molecule has 2 bridgehead atoms. The minimum absolute atomic E-state index is 0.00272. The van der Waals surface area contributed by atoms with E-state index >= 15 is 0 Å². The normalized spacial score (nSPS) is 25.8. The quantitative estimate of drug-likeness (QED) is 0.345. The van der Waals surface area contributed by atoms with E-state index < -0.39 is 5.41 Å². The Kier molecular flexibility index (Phi) is 6.25. The number of amides is 1. The molecular formula is C33H41N3O3. The van der Waals surface area contributed by atoms with E-state index in [2.05, 4.69) is 86.3 Å². The monoisotopic (exact) mass is 527 g/mol. The van der Waals surface area contributed by atoms with Gasteiger partial charge in [-0.3, -0.25) is 4.79 Å². The maximum Gasteiger partial charge on any atom is 0.237 e. The minimum atomic E-state index is -0.461. The Morgan fingerprint density at radius 3 is 2.18 bits per heavy atom. The maximum absolute atomic E-state index is 14.1. The van der Waals surface area contributed by atoms with E-state index in [0.29, 0.717) is 13.2 Å². The van der Waals surface area contributed by atoms with Crippen molar-refractivity contribution >= 4 is 11.6 Å². The number of hydrogen-bond acceptors (Lipinski definition) is 5. The van der Waals surface area contributed by atoms with Gasteiger partial charge in [-0.15, -0.1) is 0 Å². The summed E-state index contributed by atoms with van der Waals surface area (Å²) in [4.78, 5) is 21.0. The Morgan fingerprint density at radius 1 is 0.949 bits per heavy atom. The first-order chi connectivity index (χ1) is 18.5. The van der Waals surface area contributed by atoms with E-state index in [1.165, 1.54) is 11.1 Å². The molecule has 4 fully saturated rings. The second kappa shape index (κ2) is 9.29. The molecule has 0 radical (unpaired) electrons. The molecular weight excluding hydrogens is 486 g/mol. The van der Waals surface area contributed by atoms with Crippen LogP contribution in [0.15, 0.2) is 53.1 Å². The van der Waals surface area contributed by atoms with Crippen LogP contribution in [0.2, 0.25) is 0 Å². The van der Waals surface area contributed by atoms with Gasteiger partial charge in [-0.1, -0.05) is 67.9 Å². The number of anilines is 1. The van der Waals surface area contributed by atoms with E-state index in [4.69, 9.17) is 14.2 Å². The lowest BCUT2D eigenvalue weighted by atomic mass is 9.53. The first-order valence-corrected chi connectivity index (χ1v) is 14.4. The fourth-order valence-corrected chi connectivity index (χ4v) is 6.65. The van der Waals surface area contributed by atoms with Gasteiger partial charge in [0.1, 0.15) is 0 Å². The van der Waals surface area contributed by atoms with Gasteiger partial charge in [0.05, 0.1) is 18.6 Å². The molecule has 0 spiro atoms. The topological polar surface area (TPSA) is 68.5 Å². The van der Waals surface area contributed by atoms with Gasteiger partial charge in [-0.05, 0) is 81.0 Å². The Labute approximate surface area is 232 Å². The zero-order valence-corrected chi connectivity index (χ0v) is 24.0. The van der Waals surface area contributed by atoms with Gasteiger partial charge < -0.3 is 14.2 Å². The van der Waals surface area contributed by atoms with E-state index in [9.17, 15) is 4.79 Å². The van der Waals surface area contributed by atoms with Gasteiger partial charge in [0.25, 0.3) is 0 Å². The van der Waals surface area contributed by atoms with Crippen LogP contribution in [0.4, 0.5) is 5.69 Å². The van der Waals surface area contributed by atoms with E-state index in [0.717, 1.165) is 68.0 Å². The lowest BCUT2D eigenvalue weighted by Gasteiger charge is -2.54. The molecule has 3 aromatic rings. The highest BCUT2D eigenvalue weighted by Gasteiger charge is 2.54. The third-order valence-electron chi connectivity index (χ3n) is 9.58. The van der Waals surface area contributed by atoms with Gasteiger partial charge in [0.2, 0.25) is 11.8 Å². The summed E-state index contributed by atoms with van der Waals surface area (Å²) in [5.41, 5.74) is 4.03. The van der Waals surface area contributed by atoms with Crippen molar-refractivity contribution < 1.29 is 14.1 Å². The number of carbonyl (C=O) groups excluding carboxylic acids is 1. The van der Waals surface area contributed by atoms with Crippen molar-refractivity contribution in [2.45, 2.75) is 84.0 Å². The Morgan fingerprint density at radius 2 is 1.62 bits per heavy atom. The first kappa shape index (κ1) is 26.2. The molecule has 39 heavy (non-hydrogen) atoms. The number of fused-ring (bicyclic) bond motifs is 3. The Bertz CT molecular complexity index is 1340. The molecule has 2 heterocycles. The second-order valence-electron chi connectivity index (χ2n) is 13.8. The number of ether oxygens (including phenoxy) is 1. The zero-order valence-electron chi connectivity index (χ0n) is 24.0. The molecule has 1 amide bonds. The highest BCUT2D eigenvalue weighted by Crippen LogP contribution is 2.58. The van der Waals surface area contributed by atoms with Crippen molar-refractivity contribution in [2.75, 3.05) is 24.7 Å². The summed E-state index contributed by atoms with van der Waals surface area (Å²) >= 11 is 0. The van der Waals surface area contributed by atoms with E-state index in [1.807, 2.05) is 6.92 Å². The summed E-state index contributed by atoms with van der Waals surface area (Å²) in [5.74, 6) is 1.79. The molecule has 6 nitrogen and oxygen atoms in total. The van der Waals surface area contributed by atoms with Crippen molar-refractivity contribution in [3.05, 3.63) is 65.8 Å². The van der Waals surface area contributed by atoms with E-state index in [1.54, 1.807) is 0 Å². The van der Waals surface area contributed by atoms with Crippen LogP contribution in [0.1, 0.15) is 83.5 Å². The molecule has 0 N–H and O–H groups in total. The molecule has 7 rings (SSSR count). The summed E-state index contributed by atoms with van der Waals surface area (Å²) in [6.45, 7) is 12.2. The number of aromatic nitrogens is 2. The lowest BCUT2D eigenvalue weighted by Crippen LogP contribution is -2.57. The van der Waals surface area contributed by atoms with Crippen molar-refractivity contribution in [3.8, 4) is 11.1 Å². The molecule has 0 unspecified atom stereocenters. The molecule has 1 aliphatic heterocycles. The highest BCUT2D eigenvalue weighted by molar-refractivity contribution is 5.98. The molecule has 6 heteroatoms. The predicted octanol–water partition coefficient (Wildman–Crippen LogP) is 7.00. The van der Waals surface area contributed by atoms with Crippen molar-refractivity contribution in [3.63, 3.8) is 0 Å². The van der Waals surface area contributed by atoms with Crippen LogP contribution in [-0.2, 0) is 20.4 Å². The van der Waals surface area contributed by atoms with Crippen LogP contribution in [0.5, 0.6) is 0 Å².